The number of aldehydes is 1. The van der Waals surface area contributed by atoms with Gasteiger partial charge in [-0.3, -0.25) is 4.79 Å². The molecular formula is C32H51NO5. The molecule has 2 fully saturated rings. The maximum absolute atomic E-state index is 11.9. The molecule has 0 saturated heterocycles. The van der Waals surface area contributed by atoms with Crippen molar-refractivity contribution < 1.29 is 25.2 Å². The van der Waals surface area contributed by atoms with Crippen LogP contribution < -0.4 is 5.32 Å². The van der Waals surface area contributed by atoms with Gasteiger partial charge in [-0.2, -0.15) is 0 Å². The van der Waals surface area contributed by atoms with Gasteiger partial charge < -0.3 is 25.7 Å². The zero-order valence-electron chi connectivity index (χ0n) is 24.2. The summed E-state index contributed by atoms with van der Waals surface area (Å²) in [7, 11) is 0. The molecule has 0 amide bonds. The fourth-order valence-electron chi connectivity index (χ4n) is 6.83. The lowest BCUT2D eigenvalue weighted by atomic mass is 9.52. The molecular weight excluding hydrogens is 478 g/mol. The van der Waals surface area contributed by atoms with Crippen molar-refractivity contribution in [2.45, 2.75) is 97.3 Å². The third kappa shape index (κ3) is 7.02. The molecule has 2 aliphatic carbocycles. The van der Waals surface area contributed by atoms with E-state index in [4.69, 9.17) is 0 Å². The zero-order chi connectivity index (χ0) is 28.5. The van der Waals surface area contributed by atoms with Crippen LogP contribution in [0.25, 0.3) is 0 Å². The molecule has 38 heavy (non-hydrogen) atoms. The highest BCUT2D eigenvalue weighted by molar-refractivity contribution is 5.74. The fraction of sp³-hybridized carbons (Fsp3) is 0.656. The Morgan fingerprint density at radius 1 is 1.24 bits per heavy atom. The van der Waals surface area contributed by atoms with Gasteiger partial charge in [0.1, 0.15) is 6.29 Å². The normalized spacial score (nSPS) is 32.0. The van der Waals surface area contributed by atoms with Gasteiger partial charge in [0, 0.05) is 24.0 Å². The van der Waals surface area contributed by atoms with Crippen molar-refractivity contribution in [3.05, 3.63) is 58.7 Å². The van der Waals surface area contributed by atoms with Crippen molar-refractivity contribution in [3.63, 3.8) is 0 Å². The number of aliphatic hydroxyl groups excluding tert-OH is 3. The summed E-state index contributed by atoms with van der Waals surface area (Å²) in [5.74, 6) is -0.526. The molecule has 2 rings (SSSR count). The molecule has 0 aromatic rings. The van der Waals surface area contributed by atoms with Crippen LogP contribution in [0.5, 0.6) is 0 Å². The maximum Gasteiger partial charge on any atom is 0.145 e. The van der Waals surface area contributed by atoms with Crippen LogP contribution in [-0.4, -0.2) is 64.2 Å². The Balaban J connectivity index is 2.38. The maximum atomic E-state index is 11.9. The van der Waals surface area contributed by atoms with E-state index in [1.54, 1.807) is 13.8 Å². The summed E-state index contributed by atoms with van der Waals surface area (Å²) in [4.78, 5) is 11.7. The van der Waals surface area contributed by atoms with Gasteiger partial charge in [-0.1, -0.05) is 49.0 Å². The Morgan fingerprint density at radius 2 is 1.95 bits per heavy atom. The number of likely N-dealkylation sites (N-methyl/N-ethyl adjacent to an activating group) is 1. The Morgan fingerprint density at radius 3 is 2.53 bits per heavy atom. The number of rotatable bonds is 13. The summed E-state index contributed by atoms with van der Waals surface area (Å²) in [5.41, 5.74) is 2.57. The number of nitrogens with one attached hydrogen (secondary N) is 1. The van der Waals surface area contributed by atoms with E-state index in [1.807, 2.05) is 18.2 Å². The minimum atomic E-state index is -1.14. The number of carbonyl (C=O) groups excluding carboxylic acids is 1. The molecule has 214 valence electrons. The van der Waals surface area contributed by atoms with Gasteiger partial charge in [-0.15, -0.1) is 0 Å². The summed E-state index contributed by atoms with van der Waals surface area (Å²) in [6.45, 7) is 14.7. The highest BCUT2D eigenvalue weighted by Crippen LogP contribution is 2.62. The van der Waals surface area contributed by atoms with Crippen LogP contribution in [-0.2, 0) is 4.79 Å². The lowest BCUT2D eigenvalue weighted by Gasteiger charge is -2.55. The summed E-state index contributed by atoms with van der Waals surface area (Å²) in [6, 6.07) is 0.119. The third-order valence-electron chi connectivity index (χ3n) is 8.98. The van der Waals surface area contributed by atoms with E-state index < -0.39 is 17.1 Å². The predicted octanol–water partition coefficient (Wildman–Crippen LogP) is 4.56. The van der Waals surface area contributed by atoms with Crippen LogP contribution in [0.3, 0.4) is 0 Å². The molecule has 2 saturated carbocycles. The van der Waals surface area contributed by atoms with Gasteiger partial charge >= 0.3 is 0 Å². The lowest BCUT2D eigenvalue weighted by Crippen LogP contribution is -2.59. The first kappa shape index (κ1) is 32.4. The first-order valence-electron chi connectivity index (χ1n) is 14.2. The average molecular weight is 530 g/mol. The average Bonchev–Trinajstić information content (AvgIpc) is 3.22. The summed E-state index contributed by atoms with van der Waals surface area (Å²) in [5, 5.41) is 46.9. The minimum Gasteiger partial charge on any atom is -0.396 e. The highest BCUT2D eigenvalue weighted by Gasteiger charge is 2.63. The summed E-state index contributed by atoms with van der Waals surface area (Å²) in [6.07, 6.45) is 12.1. The van der Waals surface area contributed by atoms with E-state index in [1.165, 1.54) is 5.57 Å². The summed E-state index contributed by atoms with van der Waals surface area (Å²) < 4.78 is 0. The molecule has 6 heteroatoms. The number of allylic oxidation sites excluding steroid dienone is 5. The molecule has 5 N–H and O–H groups in total. The Labute approximate surface area is 229 Å². The molecule has 0 aromatic heterocycles. The van der Waals surface area contributed by atoms with Gasteiger partial charge in [0.2, 0.25) is 0 Å². The first-order valence-corrected chi connectivity index (χ1v) is 14.2. The van der Waals surface area contributed by atoms with Crippen molar-refractivity contribution in [1.82, 2.24) is 5.32 Å². The predicted molar refractivity (Wildman–Crippen MR) is 155 cm³/mol. The largest absolute Gasteiger partial charge is 0.396 e. The van der Waals surface area contributed by atoms with E-state index in [0.717, 1.165) is 36.0 Å². The molecule has 6 atom stereocenters. The molecule has 0 unspecified atom stereocenters. The SMILES string of the molecule is C=C(/C=C\C=C(\CO)[C@H]1CC[C@@]2([C@H](CCCO)/C(=C(\C)C=O)CC[C@@]2(C)O)[C@@H]1O)[C@H](CC=C(C)C)NCC. The number of hydrogen-bond acceptors (Lipinski definition) is 6. The quantitative estimate of drug-likeness (QED) is 0.104. The van der Waals surface area contributed by atoms with Crippen molar-refractivity contribution in [2.75, 3.05) is 19.8 Å². The van der Waals surface area contributed by atoms with Crippen LogP contribution in [0.15, 0.2) is 58.7 Å². The van der Waals surface area contributed by atoms with E-state index in [0.29, 0.717) is 44.1 Å². The number of hydrogen-bond donors (Lipinski definition) is 5. The van der Waals surface area contributed by atoms with E-state index in [9.17, 15) is 25.2 Å². The smallest absolute Gasteiger partial charge is 0.145 e. The van der Waals surface area contributed by atoms with Crippen molar-refractivity contribution in [2.24, 2.45) is 17.3 Å². The minimum absolute atomic E-state index is 0.0135. The van der Waals surface area contributed by atoms with Crippen LogP contribution in [0.4, 0.5) is 0 Å². The Bertz CT molecular complexity index is 939. The van der Waals surface area contributed by atoms with Gasteiger partial charge in [0.05, 0.1) is 18.3 Å². The van der Waals surface area contributed by atoms with Crippen LogP contribution >= 0.6 is 0 Å². The lowest BCUT2D eigenvalue weighted by molar-refractivity contribution is -0.167. The first-order chi connectivity index (χ1) is 18.0. The molecule has 0 bridgehead atoms. The van der Waals surface area contributed by atoms with Crippen LogP contribution in [0.1, 0.15) is 79.6 Å². The molecule has 6 nitrogen and oxygen atoms in total. The second kappa shape index (κ2) is 14.5. The standard InChI is InChI=1S/C32H51NO5/c1-7-33-29(14-13-22(2)3)23(4)10-8-11-25(21-36)27-16-18-32(30(27)37)28(12-9-19-34)26(24(5)20-35)15-17-31(32,6)38/h8,10-11,13,20,27-30,33-34,36-38H,4,7,9,12,14-19,21H2,1-3,5-6H3/b10-8-,25-11-,26-24+/t27-,28-,29+,30-,31-,32-/m1/s1. The monoisotopic (exact) mass is 529 g/mol. The molecule has 0 aromatic carbocycles. The van der Waals surface area contributed by atoms with Gasteiger partial charge in [0.15, 0.2) is 0 Å². The second-order valence-corrected chi connectivity index (χ2v) is 11.6. The van der Waals surface area contributed by atoms with Crippen LogP contribution in [0, 0.1) is 17.3 Å². The van der Waals surface area contributed by atoms with Crippen molar-refractivity contribution in [3.8, 4) is 0 Å². The van der Waals surface area contributed by atoms with E-state index >= 15 is 0 Å². The third-order valence-corrected chi connectivity index (χ3v) is 8.98. The molecule has 2 aliphatic rings. The van der Waals surface area contributed by atoms with Crippen LogP contribution in [0.2, 0.25) is 0 Å². The summed E-state index contributed by atoms with van der Waals surface area (Å²) >= 11 is 0. The molecule has 0 radical (unpaired) electrons. The number of carbonyl (C=O) groups is 1. The molecule has 0 heterocycles. The van der Waals surface area contributed by atoms with Crippen molar-refractivity contribution >= 4 is 6.29 Å². The topological polar surface area (TPSA) is 110 Å². The van der Waals surface area contributed by atoms with E-state index in [-0.39, 0.29) is 31.1 Å². The zero-order valence-corrected chi connectivity index (χ0v) is 24.2. The Hall–Kier alpha value is -1.83. The fourth-order valence-corrected chi connectivity index (χ4v) is 6.83. The molecule has 0 aliphatic heterocycles. The Kier molecular flexibility index (Phi) is 12.4. The van der Waals surface area contributed by atoms with Gasteiger partial charge in [0.25, 0.3) is 0 Å². The van der Waals surface area contributed by atoms with Gasteiger partial charge in [-0.05, 0) is 102 Å². The number of aliphatic hydroxyl groups is 4. The highest BCUT2D eigenvalue weighted by atomic mass is 16.3. The second-order valence-electron chi connectivity index (χ2n) is 11.6. The van der Waals surface area contributed by atoms with Gasteiger partial charge in [-0.25, -0.2) is 0 Å². The molecule has 1 spiro atoms. The van der Waals surface area contributed by atoms with Crippen molar-refractivity contribution in [1.29, 1.82) is 0 Å². The van der Waals surface area contributed by atoms with E-state index in [2.05, 4.69) is 38.7 Å².